The van der Waals surface area contributed by atoms with Crippen LogP contribution in [0, 0.1) is 0 Å². The summed E-state index contributed by atoms with van der Waals surface area (Å²) in [7, 11) is -5.00. The molecule has 2 aromatic rings. The molecule has 144 valence electrons. The van der Waals surface area contributed by atoms with Crippen molar-refractivity contribution in [2.45, 2.75) is 30.6 Å². The zero-order chi connectivity index (χ0) is 20.1. The molecule has 0 fully saturated rings. The van der Waals surface area contributed by atoms with Crippen LogP contribution in [0.2, 0.25) is 0 Å². The van der Waals surface area contributed by atoms with Gasteiger partial charge in [0.1, 0.15) is 0 Å². The van der Waals surface area contributed by atoms with Crippen molar-refractivity contribution >= 4 is 22.1 Å². The number of ether oxygens (including phenoxy) is 1. The molecule has 0 saturated heterocycles. The van der Waals surface area contributed by atoms with Gasteiger partial charge in [-0.2, -0.15) is 8.42 Å². The van der Waals surface area contributed by atoms with E-state index >= 15 is 0 Å². The summed E-state index contributed by atoms with van der Waals surface area (Å²) in [6.07, 6.45) is -0.961. The second-order valence-corrected chi connectivity index (χ2v) is 7.51. The third-order valence-corrected chi connectivity index (χ3v) is 5.31. The Bertz CT molecular complexity index is 859. The molecule has 1 unspecified atom stereocenters. The van der Waals surface area contributed by atoms with Crippen LogP contribution < -0.4 is 34.7 Å². The van der Waals surface area contributed by atoms with Crippen LogP contribution in [0.15, 0.2) is 60.7 Å². The van der Waals surface area contributed by atoms with E-state index < -0.39 is 39.3 Å². The predicted molar refractivity (Wildman–Crippen MR) is 95.0 cm³/mol. The molecule has 9 heteroatoms. The molecule has 1 atom stereocenters. The zero-order valence-electron chi connectivity index (χ0n) is 15.6. The molecular weight excluding hydrogens is 395 g/mol. The third-order valence-electron chi connectivity index (χ3n) is 4.23. The van der Waals surface area contributed by atoms with Crippen LogP contribution >= 0.6 is 0 Å². The minimum atomic E-state index is -5.00. The molecule has 0 aliphatic heterocycles. The SMILES string of the molecule is CCC(OC(=O)C(CC(=O)[O-])S(=O)(=O)O)(c1ccccc1)c1ccccc1.[Na+]. The van der Waals surface area contributed by atoms with Gasteiger partial charge in [0.2, 0.25) is 0 Å². The summed E-state index contributed by atoms with van der Waals surface area (Å²) in [5.74, 6) is -3.16. The van der Waals surface area contributed by atoms with E-state index in [9.17, 15) is 27.7 Å². The maximum atomic E-state index is 12.6. The number of hydrogen-bond acceptors (Lipinski definition) is 6. The van der Waals surface area contributed by atoms with Crippen molar-refractivity contribution in [1.29, 1.82) is 0 Å². The number of benzene rings is 2. The van der Waals surface area contributed by atoms with Crippen molar-refractivity contribution in [3.8, 4) is 0 Å². The number of hydrogen-bond donors (Lipinski definition) is 1. The summed E-state index contributed by atoms with van der Waals surface area (Å²) >= 11 is 0. The van der Waals surface area contributed by atoms with E-state index in [4.69, 9.17) is 4.74 Å². The average Bonchev–Trinajstić information content (AvgIpc) is 2.64. The maximum absolute atomic E-state index is 12.6. The van der Waals surface area contributed by atoms with E-state index in [0.29, 0.717) is 11.1 Å². The summed E-state index contributed by atoms with van der Waals surface area (Å²) in [5.41, 5.74) is -0.196. The molecule has 7 nitrogen and oxygen atoms in total. The molecule has 0 aliphatic carbocycles. The third kappa shape index (κ3) is 5.65. The second-order valence-electron chi connectivity index (χ2n) is 5.91. The van der Waals surface area contributed by atoms with Crippen molar-refractivity contribution in [3.63, 3.8) is 0 Å². The van der Waals surface area contributed by atoms with Gasteiger partial charge in [0.05, 0.1) is 0 Å². The number of aliphatic carboxylic acids is 1. The first-order valence-corrected chi connectivity index (χ1v) is 9.71. The summed E-state index contributed by atoms with van der Waals surface area (Å²) in [6.45, 7) is 1.74. The molecule has 0 bridgehead atoms. The van der Waals surface area contributed by atoms with Crippen molar-refractivity contribution in [3.05, 3.63) is 71.8 Å². The molecule has 2 rings (SSSR count). The minimum Gasteiger partial charge on any atom is -0.550 e. The van der Waals surface area contributed by atoms with Crippen molar-refractivity contribution in [2.24, 2.45) is 0 Å². The zero-order valence-corrected chi connectivity index (χ0v) is 18.4. The van der Waals surface area contributed by atoms with Gasteiger partial charge >= 0.3 is 35.5 Å². The summed E-state index contributed by atoms with van der Waals surface area (Å²) in [4.78, 5) is 23.4. The largest absolute Gasteiger partial charge is 1.00 e. The number of carbonyl (C=O) groups excluding carboxylic acids is 2. The van der Waals surface area contributed by atoms with E-state index in [-0.39, 0.29) is 36.0 Å². The Balaban J connectivity index is 0.00000392. The van der Waals surface area contributed by atoms with Crippen LogP contribution in [-0.4, -0.2) is 30.2 Å². The van der Waals surface area contributed by atoms with Crippen LogP contribution in [0.4, 0.5) is 0 Å². The van der Waals surface area contributed by atoms with Crippen LogP contribution in [-0.2, 0) is 30.0 Å². The number of carbonyl (C=O) groups is 2. The molecule has 0 radical (unpaired) electrons. The molecule has 0 amide bonds. The quantitative estimate of drug-likeness (QED) is 0.310. The predicted octanol–water partition coefficient (Wildman–Crippen LogP) is -1.72. The first-order valence-electron chi connectivity index (χ1n) is 8.20. The maximum Gasteiger partial charge on any atom is 1.00 e. The van der Waals surface area contributed by atoms with E-state index in [1.165, 1.54) is 0 Å². The standard InChI is InChI=1S/C19H20O7S.Na/c1-2-19(14-9-5-3-6-10-14,15-11-7-4-8-12-15)26-18(22)16(13-17(20)21)27(23,24)25;/h3-12,16H,2,13H2,1H3,(H,20,21)(H,23,24,25);/q;+1/p-1. The van der Waals surface area contributed by atoms with E-state index in [1.54, 1.807) is 67.6 Å². The van der Waals surface area contributed by atoms with Crippen LogP contribution in [0.5, 0.6) is 0 Å². The van der Waals surface area contributed by atoms with Gasteiger partial charge in [-0.25, -0.2) is 0 Å². The molecule has 0 saturated carbocycles. The number of esters is 1. The fourth-order valence-corrected chi connectivity index (χ4v) is 3.52. The van der Waals surface area contributed by atoms with E-state index in [0.717, 1.165) is 0 Å². The Morgan fingerprint density at radius 1 is 1.04 bits per heavy atom. The number of carboxylic acid groups (broad SMARTS) is 1. The molecule has 2 aromatic carbocycles. The first-order chi connectivity index (χ1) is 12.7. The topological polar surface area (TPSA) is 121 Å². The number of rotatable bonds is 8. The smallest absolute Gasteiger partial charge is 0.550 e. The number of carboxylic acids is 1. The molecular formula is C19H19NaO7S. The van der Waals surface area contributed by atoms with E-state index in [1.807, 2.05) is 0 Å². The Labute approximate surface area is 185 Å². The average molecular weight is 414 g/mol. The molecule has 0 aliphatic rings. The second kappa shape index (κ2) is 10.2. The normalized spacial score (nSPS) is 12.5. The summed E-state index contributed by atoms with van der Waals surface area (Å²) in [5, 5.41) is 8.56. The Kier molecular flexibility index (Phi) is 8.84. The molecule has 0 spiro atoms. The molecule has 0 aromatic heterocycles. The first kappa shape index (κ1) is 24.3. The Hall–Kier alpha value is -1.71. The van der Waals surface area contributed by atoms with Crippen molar-refractivity contribution in [1.82, 2.24) is 0 Å². The fraction of sp³-hybridized carbons (Fsp3) is 0.263. The van der Waals surface area contributed by atoms with Gasteiger partial charge in [-0.05, 0) is 6.42 Å². The van der Waals surface area contributed by atoms with Gasteiger partial charge in [0, 0.05) is 23.5 Å². The summed E-state index contributed by atoms with van der Waals surface area (Å²) < 4.78 is 37.9. The minimum absolute atomic E-state index is 0. The van der Waals surface area contributed by atoms with Gasteiger partial charge < -0.3 is 14.6 Å². The van der Waals surface area contributed by atoms with Crippen molar-refractivity contribution in [2.75, 3.05) is 0 Å². The fourth-order valence-electron chi connectivity index (χ4n) is 2.88. The Morgan fingerprint density at radius 3 is 1.79 bits per heavy atom. The van der Waals surface area contributed by atoms with Crippen LogP contribution in [0.3, 0.4) is 0 Å². The Morgan fingerprint density at radius 2 is 1.46 bits per heavy atom. The van der Waals surface area contributed by atoms with Crippen LogP contribution in [0.1, 0.15) is 30.9 Å². The van der Waals surface area contributed by atoms with Gasteiger partial charge in [-0.1, -0.05) is 67.6 Å². The van der Waals surface area contributed by atoms with Gasteiger partial charge in [-0.3, -0.25) is 9.35 Å². The monoisotopic (exact) mass is 414 g/mol. The summed E-state index contributed by atoms with van der Waals surface area (Å²) in [6, 6.07) is 17.3. The van der Waals surface area contributed by atoms with Gasteiger partial charge in [-0.15, -0.1) is 0 Å². The van der Waals surface area contributed by atoms with Gasteiger partial charge in [0.15, 0.2) is 10.9 Å². The van der Waals surface area contributed by atoms with Crippen molar-refractivity contribution < 1.29 is 62.0 Å². The molecule has 1 N–H and O–H groups in total. The van der Waals surface area contributed by atoms with E-state index in [2.05, 4.69) is 0 Å². The van der Waals surface area contributed by atoms with Crippen LogP contribution in [0.25, 0.3) is 0 Å². The molecule has 0 heterocycles. The van der Waals surface area contributed by atoms with Gasteiger partial charge in [0.25, 0.3) is 10.1 Å². The molecule has 28 heavy (non-hydrogen) atoms.